The Morgan fingerprint density at radius 2 is 1.57 bits per heavy atom. The summed E-state index contributed by atoms with van der Waals surface area (Å²) >= 11 is 0. The van der Waals surface area contributed by atoms with Crippen molar-refractivity contribution in [2.75, 3.05) is 26.9 Å². The molecule has 0 aliphatic carbocycles. The maximum absolute atomic E-state index is 10.3. The zero-order chi connectivity index (χ0) is 17.1. The van der Waals surface area contributed by atoms with Gasteiger partial charge in [0.15, 0.2) is 6.29 Å². The summed E-state index contributed by atoms with van der Waals surface area (Å²) in [6.07, 6.45) is -5.50. The molecule has 136 valence electrons. The predicted octanol–water partition coefficient (Wildman–Crippen LogP) is -1.51. The van der Waals surface area contributed by atoms with Gasteiger partial charge in [-0.3, -0.25) is 0 Å². The van der Waals surface area contributed by atoms with Crippen LogP contribution in [0.2, 0.25) is 0 Å². The molecule has 0 radical (unpaired) electrons. The number of hydrogen-bond acceptors (Lipinski definition) is 8. The van der Waals surface area contributed by atoms with Gasteiger partial charge in [0.25, 0.3) is 0 Å². The summed E-state index contributed by atoms with van der Waals surface area (Å²) in [5.41, 5.74) is 0. The van der Waals surface area contributed by atoms with E-state index in [1.807, 2.05) is 0 Å². The first-order chi connectivity index (χ1) is 10.9. The molecule has 2 rings (SSSR count). The van der Waals surface area contributed by atoms with Crippen LogP contribution < -0.4 is 0 Å². The summed E-state index contributed by atoms with van der Waals surface area (Å²) in [5, 5.41) is 40.5. The molecule has 0 bridgehead atoms. The normalized spacial score (nSPS) is 48.4. The van der Waals surface area contributed by atoms with E-state index in [-0.39, 0.29) is 19.8 Å². The second-order valence-corrected chi connectivity index (χ2v) is 6.40. The number of hydrogen-bond donors (Lipinski definition) is 4. The van der Waals surface area contributed by atoms with Crippen LogP contribution in [0.15, 0.2) is 0 Å². The van der Waals surface area contributed by atoms with Crippen molar-refractivity contribution in [1.82, 2.24) is 0 Å². The number of rotatable bonds is 5. The SMILES string of the molecule is COC[C@@H]1C(O)[C@H](OC[C@@H]2C(O)COC(C)[C@H]2O)OC(C)[C@H]1O. The minimum Gasteiger partial charge on any atom is -0.390 e. The Kier molecular flexibility index (Phi) is 6.76. The molecular formula is C15H28O8. The Labute approximate surface area is 135 Å². The molecule has 0 aromatic heterocycles. The maximum Gasteiger partial charge on any atom is 0.184 e. The van der Waals surface area contributed by atoms with Crippen molar-refractivity contribution in [3.05, 3.63) is 0 Å². The lowest BCUT2D eigenvalue weighted by Gasteiger charge is -2.42. The first-order valence-corrected chi connectivity index (χ1v) is 7.96. The van der Waals surface area contributed by atoms with Crippen molar-refractivity contribution in [3.63, 3.8) is 0 Å². The van der Waals surface area contributed by atoms with E-state index in [1.54, 1.807) is 13.8 Å². The molecule has 2 aliphatic rings. The summed E-state index contributed by atoms with van der Waals surface area (Å²) in [7, 11) is 1.49. The molecule has 0 amide bonds. The fourth-order valence-corrected chi connectivity index (χ4v) is 3.12. The lowest BCUT2D eigenvalue weighted by Crippen LogP contribution is -2.56. The highest BCUT2D eigenvalue weighted by molar-refractivity contribution is 4.89. The second-order valence-electron chi connectivity index (χ2n) is 6.40. The first kappa shape index (κ1) is 19.0. The number of aliphatic hydroxyl groups excluding tert-OH is 4. The molecule has 23 heavy (non-hydrogen) atoms. The van der Waals surface area contributed by atoms with Gasteiger partial charge in [-0.05, 0) is 13.8 Å². The third kappa shape index (κ3) is 4.21. The van der Waals surface area contributed by atoms with Crippen molar-refractivity contribution in [1.29, 1.82) is 0 Å². The molecule has 0 aromatic rings. The topological polar surface area (TPSA) is 118 Å². The van der Waals surface area contributed by atoms with E-state index < -0.39 is 54.7 Å². The number of methoxy groups -OCH3 is 1. The van der Waals surface area contributed by atoms with E-state index in [1.165, 1.54) is 7.11 Å². The standard InChI is InChI=1S/C15H28O8/c1-7-12(17)9(11(16)6-21-7)5-22-15-14(19)10(4-20-3)13(18)8(2)23-15/h7-19H,4-6H2,1-3H3/t7?,8?,9-,10+,11?,12-,13-,14?,15-/m1/s1. The summed E-state index contributed by atoms with van der Waals surface area (Å²) in [6, 6.07) is 0. The molecule has 2 saturated heterocycles. The van der Waals surface area contributed by atoms with Gasteiger partial charge in [-0.15, -0.1) is 0 Å². The lowest BCUT2D eigenvalue weighted by atomic mass is 9.89. The highest BCUT2D eigenvalue weighted by Gasteiger charge is 2.44. The molecule has 9 atom stereocenters. The molecule has 0 spiro atoms. The summed E-state index contributed by atoms with van der Waals surface area (Å²) < 4.78 is 21.4. The third-order valence-corrected chi connectivity index (χ3v) is 4.74. The van der Waals surface area contributed by atoms with Gasteiger partial charge in [0.05, 0.1) is 50.3 Å². The van der Waals surface area contributed by atoms with Crippen LogP contribution in [0.25, 0.3) is 0 Å². The van der Waals surface area contributed by atoms with Gasteiger partial charge in [0.2, 0.25) is 0 Å². The fourth-order valence-electron chi connectivity index (χ4n) is 3.12. The van der Waals surface area contributed by atoms with Crippen molar-refractivity contribution in [3.8, 4) is 0 Å². The third-order valence-electron chi connectivity index (χ3n) is 4.74. The molecular weight excluding hydrogens is 308 g/mol. The summed E-state index contributed by atoms with van der Waals surface area (Å²) in [6.45, 7) is 3.73. The van der Waals surface area contributed by atoms with Crippen LogP contribution in [0.5, 0.6) is 0 Å². The molecule has 4 unspecified atom stereocenters. The molecule has 2 heterocycles. The van der Waals surface area contributed by atoms with Gasteiger partial charge in [0, 0.05) is 18.9 Å². The summed E-state index contributed by atoms with van der Waals surface area (Å²) in [5.74, 6) is -1.06. The fraction of sp³-hybridized carbons (Fsp3) is 1.00. The zero-order valence-electron chi connectivity index (χ0n) is 13.7. The Morgan fingerprint density at radius 1 is 0.913 bits per heavy atom. The smallest absolute Gasteiger partial charge is 0.184 e. The van der Waals surface area contributed by atoms with Crippen molar-refractivity contribution < 1.29 is 39.4 Å². The molecule has 8 nitrogen and oxygen atoms in total. The molecule has 8 heteroatoms. The van der Waals surface area contributed by atoms with Crippen LogP contribution in [0.4, 0.5) is 0 Å². The van der Waals surface area contributed by atoms with Gasteiger partial charge < -0.3 is 39.4 Å². The van der Waals surface area contributed by atoms with E-state index in [4.69, 9.17) is 18.9 Å². The Bertz CT molecular complexity index is 367. The van der Waals surface area contributed by atoms with E-state index in [0.717, 1.165) is 0 Å². The Hall–Kier alpha value is -0.320. The van der Waals surface area contributed by atoms with Gasteiger partial charge in [-0.25, -0.2) is 0 Å². The van der Waals surface area contributed by atoms with Crippen LogP contribution in [0.3, 0.4) is 0 Å². The monoisotopic (exact) mass is 336 g/mol. The minimum atomic E-state index is -1.06. The van der Waals surface area contributed by atoms with E-state index in [0.29, 0.717) is 0 Å². The Balaban J connectivity index is 1.96. The van der Waals surface area contributed by atoms with Crippen molar-refractivity contribution >= 4 is 0 Å². The molecule has 4 N–H and O–H groups in total. The van der Waals surface area contributed by atoms with E-state index >= 15 is 0 Å². The quantitative estimate of drug-likeness (QED) is 0.479. The first-order valence-electron chi connectivity index (χ1n) is 7.96. The number of aliphatic hydroxyl groups is 4. The molecule has 0 saturated carbocycles. The predicted molar refractivity (Wildman–Crippen MR) is 78.6 cm³/mol. The van der Waals surface area contributed by atoms with Crippen LogP contribution in [0, 0.1) is 11.8 Å². The molecule has 2 aliphatic heterocycles. The van der Waals surface area contributed by atoms with Crippen LogP contribution >= 0.6 is 0 Å². The summed E-state index contributed by atoms with van der Waals surface area (Å²) in [4.78, 5) is 0. The second kappa shape index (κ2) is 8.17. The molecule has 0 aromatic carbocycles. The zero-order valence-corrected chi connectivity index (χ0v) is 13.7. The minimum absolute atomic E-state index is 0.0142. The van der Waals surface area contributed by atoms with Crippen LogP contribution in [-0.4, -0.2) is 90.3 Å². The average molecular weight is 336 g/mol. The highest BCUT2D eigenvalue weighted by atomic mass is 16.7. The van der Waals surface area contributed by atoms with Crippen molar-refractivity contribution in [2.45, 2.75) is 56.8 Å². The van der Waals surface area contributed by atoms with Crippen LogP contribution in [-0.2, 0) is 18.9 Å². The lowest BCUT2D eigenvalue weighted by molar-refractivity contribution is -0.295. The largest absolute Gasteiger partial charge is 0.390 e. The van der Waals surface area contributed by atoms with Crippen molar-refractivity contribution in [2.24, 2.45) is 11.8 Å². The van der Waals surface area contributed by atoms with Gasteiger partial charge in [-0.1, -0.05) is 0 Å². The molecule has 2 fully saturated rings. The average Bonchev–Trinajstić information content (AvgIpc) is 2.52. The van der Waals surface area contributed by atoms with Crippen LogP contribution in [0.1, 0.15) is 13.8 Å². The number of ether oxygens (including phenoxy) is 4. The Morgan fingerprint density at radius 3 is 2.22 bits per heavy atom. The van der Waals surface area contributed by atoms with Gasteiger partial charge in [0.1, 0.15) is 6.10 Å². The van der Waals surface area contributed by atoms with Gasteiger partial charge >= 0.3 is 0 Å². The van der Waals surface area contributed by atoms with E-state index in [2.05, 4.69) is 0 Å². The van der Waals surface area contributed by atoms with E-state index in [9.17, 15) is 20.4 Å². The highest BCUT2D eigenvalue weighted by Crippen LogP contribution is 2.29. The maximum atomic E-state index is 10.3. The van der Waals surface area contributed by atoms with Gasteiger partial charge in [-0.2, -0.15) is 0 Å².